The van der Waals surface area contributed by atoms with E-state index in [2.05, 4.69) is 0 Å². The number of halogens is 1. The summed E-state index contributed by atoms with van der Waals surface area (Å²) in [4.78, 5) is 10.6. The first kappa shape index (κ1) is 10.3. The highest BCUT2D eigenvalue weighted by molar-refractivity contribution is 6.32. The van der Waals surface area contributed by atoms with E-state index in [4.69, 9.17) is 26.2 Å². The van der Waals surface area contributed by atoms with Crippen molar-refractivity contribution in [1.82, 2.24) is 0 Å². The van der Waals surface area contributed by atoms with Crippen LogP contribution in [0.1, 0.15) is 10.4 Å². The van der Waals surface area contributed by atoms with Crippen LogP contribution in [0.15, 0.2) is 18.2 Å². The van der Waals surface area contributed by atoms with Gasteiger partial charge in [-0.3, -0.25) is 0 Å². The summed E-state index contributed by atoms with van der Waals surface area (Å²) in [7, 11) is 0. The fourth-order valence-electron chi connectivity index (χ4n) is 1.19. The van der Waals surface area contributed by atoms with Gasteiger partial charge in [-0.05, 0) is 18.2 Å². The molecule has 1 aliphatic heterocycles. The van der Waals surface area contributed by atoms with Crippen LogP contribution in [0.3, 0.4) is 0 Å². The van der Waals surface area contributed by atoms with Gasteiger partial charge in [0.05, 0.1) is 23.8 Å². The molecule has 4 nitrogen and oxygen atoms in total. The molecule has 0 unspecified atom stereocenters. The van der Waals surface area contributed by atoms with Crippen LogP contribution in [-0.2, 0) is 4.74 Å². The molecule has 1 fully saturated rings. The maximum Gasteiger partial charge on any atom is 0.335 e. The Labute approximate surface area is 91.4 Å². The zero-order chi connectivity index (χ0) is 10.8. The number of carbonyl (C=O) groups is 1. The molecule has 80 valence electrons. The summed E-state index contributed by atoms with van der Waals surface area (Å²) < 4.78 is 10.4. The van der Waals surface area contributed by atoms with Crippen LogP contribution in [0.5, 0.6) is 5.75 Å². The number of ether oxygens (including phenoxy) is 2. The predicted octanol–water partition coefficient (Wildman–Crippen LogP) is 1.82. The highest BCUT2D eigenvalue weighted by Crippen LogP contribution is 2.27. The SMILES string of the molecule is O=C(O)c1ccc(OC2COC2)c(Cl)c1. The van der Waals surface area contributed by atoms with Crippen LogP contribution in [0.2, 0.25) is 5.02 Å². The fourth-order valence-corrected chi connectivity index (χ4v) is 1.42. The molecule has 1 aromatic rings. The van der Waals surface area contributed by atoms with E-state index in [0.717, 1.165) is 0 Å². The van der Waals surface area contributed by atoms with Gasteiger partial charge in [-0.25, -0.2) is 4.79 Å². The van der Waals surface area contributed by atoms with Gasteiger partial charge < -0.3 is 14.6 Å². The van der Waals surface area contributed by atoms with Crippen molar-refractivity contribution >= 4 is 17.6 Å². The maximum atomic E-state index is 10.6. The summed E-state index contributed by atoms with van der Waals surface area (Å²) in [5, 5.41) is 9.03. The minimum atomic E-state index is -1.00. The average Bonchev–Trinajstić information content (AvgIpc) is 2.12. The van der Waals surface area contributed by atoms with E-state index in [1.807, 2.05) is 0 Å². The predicted molar refractivity (Wildman–Crippen MR) is 53.6 cm³/mol. The second kappa shape index (κ2) is 4.08. The van der Waals surface area contributed by atoms with Crippen molar-refractivity contribution in [3.63, 3.8) is 0 Å². The molecule has 1 aliphatic rings. The molecular formula is C10H9ClO4. The first-order valence-electron chi connectivity index (χ1n) is 4.44. The standard InChI is InChI=1S/C10H9ClO4/c11-8-3-6(10(12)13)1-2-9(8)15-7-4-14-5-7/h1-3,7H,4-5H2,(H,12,13). The summed E-state index contributed by atoms with van der Waals surface area (Å²) in [6.45, 7) is 1.11. The minimum absolute atomic E-state index is 0.0261. The Morgan fingerprint density at radius 2 is 2.27 bits per heavy atom. The molecule has 0 aromatic heterocycles. The van der Waals surface area contributed by atoms with E-state index in [1.165, 1.54) is 12.1 Å². The molecule has 1 heterocycles. The maximum absolute atomic E-state index is 10.6. The van der Waals surface area contributed by atoms with Crippen LogP contribution in [0.4, 0.5) is 0 Å². The first-order valence-corrected chi connectivity index (χ1v) is 4.82. The second-order valence-corrected chi connectivity index (χ2v) is 3.63. The lowest BCUT2D eigenvalue weighted by Gasteiger charge is -2.27. The Balaban J connectivity index is 2.14. The number of benzene rings is 1. The second-order valence-electron chi connectivity index (χ2n) is 3.23. The van der Waals surface area contributed by atoms with E-state index < -0.39 is 5.97 Å². The summed E-state index contributed by atoms with van der Waals surface area (Å²) in [5.74, 6) is -0.509. The molecule has 2 rings (SSSR count). The topological polar surface area (TPSA) is 55.8 Å². The van der Waals surface area contributed by atoms with Gasteiger partial charge in [0.2, 0.25) is 0 Å². The summed E-state index contributed by atoms with van der Waals surface area (Å²) in [5.41, 5.74) is 0.150. The molecule has 0 atom stereocenters. The highest BCUT2D eigenvalue weighted by atomic mass is 35.5. The Hall–Kier alpha value is -1.26. The van der Waals surface area contributed by atoms with Crippen LogP contribution < -0.4 is 4.74 Å². The number of hydrogen-bond donors (Lipinski definition) is 1. The molecule has 0 radical (unpaired) electrons. The zero-order valence-corrected chi connectivity index (χ0v) is 8.53. The summed E-state index contributed by atoms with van der Waals surface area (Å²) in [6.07, 6.45) is 0.0261. The van der Waals surface area contributed by atoms with Gasteiger partial charge >= 0.3 is 5.97 Å². The molecule has 5 heteroatoms. The van der Waals surface area contributed by atoms with E-state index in [0.29, 0.717) is 24.0 Å². The summed E-state index contributed by atoms with van der Waals surface area (Å²) in [6, 6.07) is 4.39. The quantitative estimate of drug-likeness (QED) is 0.857. The Bertz CT molecular complexity index is 387. The van der Waals surface area contributed by atoms with E-state index >= 15 is 0 Å². The molecule has 0 amide bonds. The summed E-state index contributed by atoms with van der Waals surface area (Å²) >= 11 is 5.87. The van der Waals surface area contributed by atoms with E-state index in [-0.39, 0.29) is 11.7 Å². The van der Waals surface area contributed by atoms with Gasteiger partial charge in [-0.1, -0.05) is 11.6 Å². The van der Waals surface area contributed by atoms with Crippen molar-refractivity contribution < 1.29 is 19.4 Å². The highest BCUT2D eigenvalue weighted by Gasteiger charge is 2.21. The number of rotatable bonds is 3. The zero-order valence-electron chi connectivity index (χ0n) is 7.77. The van der Waals surface area contributed by atoms with Crippen molar-refractivity contribution in [3.8, 4) is 5.75 Å². The molecule has 0 saturated carbocycles. The van der Waals surface area contributed by atoms with Gasteiger partial charge in [-0.15, -0.1) is 0 Å². The van der Waals surface area contributed by atoms with Crippen molar-refractivity contribution in [1.29, 1.82) is 0 Å². The largest absolute Gasteiger partial charge is 0.484 e. The van der Waals surface area contributed by atoms with E-state index in [1.54, 1.807) is 6.07 Å². The lowest BCUT2D eigenvalue weighted by molar-refractivity contribution is -0.0796. The fraction of sp³-hybridized carbons (Fsp3) is 0.300. The van der Waals surface area contributed by atoms with Crippen LogP contribution in [-0.4, -0.2) is 30.4 Å². The minimum Gasteiger partial charge on any atom is -0.484 e. The van der Waals surface area contributed by atoms with Crippen molar-refractivity contribution in [3.05, 3.63) is 28.8 Å². The number of aromatic carboxylic acids is 1. The normalized spacial score (nSPS) is 15.8. The van der Waals surface area contributed by atoms with Crippen LogP contribution in [0, 0.1) is 0 Å². The molecule has 1 N–H and O–H groups in total. The number of hydrogen-bond acceptors (Lipinski definition) is 3. The van der Waals surface area contributed by atoms with Crippen LogP contribution in [0.25, 0.3) is 0 Å². The van der Waals surface area contributed by atoms with Crippen molar-refractivity contribution in [2.75, 3.05) is 13.2 Å². The third-order valence-corrected chi connectivity index (χ3v) is 2.38. The lowest BCUT2D eigenvalue weighted by Crippen LogP contribution is -2.38. The Morgan fingerprint density at radius 3 is 2.73 bits per heavy atom. The van der Waals surface area contributed by atoms with Gasteiger partial charge in [0.25, 0.3) is 0 Å². The lowest BCUT2D eigenvalue weighted by atomic mass is 10.2. The molecule has 1 saturated heterocycles. The Morgan fingerprint density at radius 1 is 1.53 bits per heavy atom. The third kappa shape index (κ3) is 2.22. The smallest absolute Gasteiger partial charge is 0.335 e. The van der Waals surface area contributed by atoms with Gasteiger partial charge in [0, 0.05) is 0 Å². The van der Waals surface area contributed by atoms with Gasteiger partial charge in [-0.2, -0.15) is 0 Å². The molecule has 15 heavy (non-hydrogen) atoms. The van der Waals surface area contributed by atoms with Gasteiger partial charge in [0.1, 0.15) is 11.9 Å². The van der Waals surface area contributed by atoms with Gasteiger partial charge in [0.15, 0.2) is 0 Å². The molecular weight excluding hydrogens is 220 g/mol. The van der Waals surface area contributed by atoms with Crippen LogP contribution >= 0.6 is 11.6 Å². The Kier molecular flexibility index (Phi) is 2.79. The number of carboxylic acid groups (broad SMARTS) is 1. The van der Waals surface area contributed by atoms with E-state index in [9.17, 15) is 4.79 Å². The van der Waals surface area contributed by atoms with Crippen molar-refractivity contribution in [2.24, 2.45) is 0 Å². The number of carboxylic acids is 1. The first-order chi connectivity index (χ1) is 7.16. The average molecular weight is 229 g/mol. The van der Waals surface area contributed by atoms with Crippen molar-refractivity contribution in [2.45, 2.75) is 6.10 Å². The molecule has 0 bridgehead atoms. The molecule has 0 spiro atoms. The molecule has 1 aromatic carbocycles. The molecule has 0 aliphatic carbocycles. The third-order valence-electron chi connectivity index (χ3n) is 2.08. The monoisotopic (exact) mass is 228 g/mol.